The maximum absolute atomic E-state index is 10.4. The number of aliphatic hydroxyl groups excluding tert-OH is 2. The van der Waals surface area contributed by atoms with Crippen LogP contribution in [0, 0.1) is 5.41 Å². The molecule has 2 atom stereocenters. The Morgan fingerprint density at radius 2 is 2.35 bits per heavy atom. The van der Waals surface area contributed by atoms with Gasteiger partial charge in [-0.25, -0.2) is 4.98 Å². The molecule has 2 rings (SSSR count). The van der Waals surface area contributed by atoms with Gasteiger partial charge in [-0.2, -0.15) is 0 Å². The highest BCUT2D eigenvalue weighted by Gasteiger charge is 2.40. The van der Waals surface area contributed by atoms with Gasteiger partial charge in [-0.05, 0) is 37.1 Å². The minimum absolute atomic E-state index is 0.0675. The summed E-state index contributed by atoms with van der Waals surface area (Å²) in [6.45, 7) is 4.41. The lowest BCUT2D eigenvalue weighted by atomic mass is 9.73. The zero-order chi connectivity index (χ0) is 14.6. The average Bonchev–Trinajstić information content (AvgIpc) is 2.42. The number of rotatable bonds is 5. The number of aromatic nitrogens is 1. The lowest BCUT2D eigenvalue weighted by molar-refractivity contribution is -0.0802. The van der Waals surface area contributed by atoms with Crippen LogP contribution in [0.1, 0.15) is 31.7 Å². The minimum atomic E-state index is -0.472. The van der Waals surface area contributed by atoms with Crippen molar-refractivity contribution < 1.29 is 10.2 Å². The molecule has 1 aliphatic heterocycles. The Balaban J connectivity index is 1.98. The van der Waals surface area contributed by atoms with Gasteiger partial charge in [0.05, 0.1) is 12.7 Å². The maximum Gasteiger partial charge on any atom is 0.123 e. The summed E-state index contributed by atoms with van der Waals surface area (Å²) in [7, 11) is 0. The number of likely N-dealkylation sites (tertiary alicyclic amines) is 1. The van der Waals surface area contributed by atoms with Crippen molar-refractivity contribution in [3.8, 4) is 0 Å². The van der Waals surface area contributed by atoms with Crippen LogP contribution in [0.25, 0.3) is 0 Å². The zero-order valence-corrected chi connectivity index (χ0v) is 12.1. The van der Waals surface area contributed by atoms with Crippen LogP contribution in [-0.4, -0.2) is 45.9 Å². The molecular formula is C15H25N3O2. The van der Waals surface area contributed by atoms with Crippen molar-refractivity contribution in [3.63, 3.8) is 0 Å². The van der Waals surface area contributed by atoms with Crippen LogP contribution in [0.15, 0.2) is 18.3 Å². The molecule has 0 amide bonds. The first-order chi connectivity index (χ1) is 9.59. The van der Waals surface area contributed by atoms with Crippen LogP contribution in [0.5, 0.6) is 0 Å². The molecule has 0 unspecified atom stereocenters. The summed E-state index contributed by atoms with van der Waals surface area (Å²) in [6, 6.07) is 3.81. The number of β-amino-alcohol motifs (C(OH)–C–C–N with tert-alkyl or cyclic N) is 1. The number of nitrogens with two attached hydrogens (primary N) is 1. The summed E-state index contributed by atoms with van der Waals surface area (Å²) >= 11 is 0. The first kappa shape index (κ1) is 15.2. The molecule has 1 aromatic heterocycles. The van der Waals surface area contributed by atoms with Gasteiger partial charge in [0.2, 0.25) is 0 Å². The highest BCUT2D eigenvalue weighted by atomic mass is 16.3. The first-order valence-electron chi connectivity index (χ1n) is 7.31. The van der Waals surface area contributed by atoms with E-state index in [0.717, 1.165) is 37.9 Å². The highest BCUT2D eigenvalue weighted by molar-refractivity contribution is 5.31. The molecule has 0 spiro atoms. The summed E-state index contributed by atoms with van der Waals surface area (Å²) in [4.78, 5) is 6.20. The van der Waals surface area contributed by atoms with Crippen LogP contribution in [-0.2, 0) is 6.54 Å². The molecule has 1 aliphatic rings. The second-order valence-corrected chi connectivity index (χ2v) is 5.86. The van der Waals surface area contributed by atoms with E-state index in [1.54, 1.807) is 6.20 Å². The second-order valence-electron chi connectivity index (χ2n) is 5.86. The molecule has 5 nitrogen and oxygen atoms in total. The molecule has 0 aliphatic carbocycles. The van der Waals surface area contributed by atoms with Gasteiger partial charge in [-0.1, -0.05) is 13.3 Å². The average molecular weight is 279 g/mol. The van der Waals surface area contributed by atoms with Crippen molar-refractivity contribution in [2.45, 2.75) is 38.8 Å². The van der Waals surface area contributed by atoms with Gasteiger partial charge >= 0.3 is 0 Å². The summed E-state index contributed by atoms with van der Waals surface area (Å²) in [5, 5.41) is 20.1. The Kier molecular flexibility index (Phi) is 4.96. The summed E-state index contributed by atoms with van der Waals surface area (Å²) in [5.41, 5.74) is 6.47. The Bertz CT molecular complexity index is 441. The van der Waals surface area contributed by atoms with Gasteiger partial charge in [0, 0.05) is 24.7 Å². The molecule has 112 valence electrons. The molecule has 0 bridgehead atoms. The van der Waals surface area contributed by atoms with E-state index in [1.807, 2.05) is 12.1 Å². The summed E-state index contributed by atoms with van der Waals surface area (Å²) in [5.74, 6) is 0.524. The molecule has 0 saturated carbocycles. The van der Waals surface area contributed by atoms with Gasteiger partial charge in [-0.3, -0.25) is 4.90 Å². The lowest BCUT2D eigenvalue weighted by Gasteiger charge is -2.44. The molecular weight excluding hydrogens is 254 g/mol. The fraction of sp³-hybridized carbons (Fsp3) is 0.667. The van der Waals surface area contributed by atoms with Crippen LogP contribution in [0.2, 0.25) is 0 Å². The molecule has 5 heteroatoms. The molecule has 1 aromatic rings. The number of hydrogen-bond acceptors (Lipinski definition) is 5. The van der Waals surface area contributed by atoms with Gasteiger partial charge in [0.25, 0.3) is 0 Å². The number of anilines is 1. The Morgan fingerprint density at radius 3 is 2.95 bits per heavy atom. The van der Waals surface area contributed by atoms with Crippen LogP contribution >= 0.6 is 0 Å². The van der Waals surface area contributed by atoms with Crippen LogP contribution < -0.4 is 5.73 Å². The fourth-order valence-electron chi connectivity index (χ4n) is 3.12. The fourth-order valence-corrected chi connectivity index (χ4v) is 3.12. The van der Waals surface area contributed by atoms with Gasteiger partial charge in [0.15, 0.2) is 0 Å². The third-order valence-corrected chi connectivity index (χ3v) is 4.38. The Labute approximate surface area is 120 Å². The molecule has 1 saturated heterocycles. The summed E-state index contributed by atoms with van der Waals surface area (Å²) < 4.78 is 0. The second kappa shape index (κ2) is 6.52. The van der Waals surface area contributed by atoms with Gasteiger partial charge in [-0.15, -0.1) is 0 Å². The van der Waals surface area contributed by atoms with Crippen LogP contribution in [0.4, 0.5) is 5.82 Å². The van der Waals surface area contributed by atoms with Crippen molar-refractivity contribution in [2.24, 2.45) is 5.41 Å². The normalized spacial score (nSPS) is 27.6. The number of hydrogen-bond donors (Lipinski definition) is 3. The van der Waals surface area contributed by atoms with Crippen molar-refractivity contribution >= 4 is 5.82 Å². The number of piperidine rings is 1. The van der Waals surface area contributed by atoms with E-state index in [0.29, 0.717) is 12.4 Å². The first-order valence-corrected chi connectivity index (χ1v) is 7.31. The van der Waals surface area contributed by atoms with E-state index in [-0.39, 0.29) is 12.0 Å². The van der Waals surface area contributed by atoms with Crippen LogP contribution in [0.3, 0.4) is 0 Å². The number of nitrogens with zero attached hydrogens (tertiary/aromatic N) is 2. The highest BCUT2D eigenvalue weighted by Crippen LogP contribution is 2.36. The van der Waals surface area contributed by atoms with E-state index in [1.165, 1.54) is 0 Å². The molecule has 2 heterocycles. The largest absolute Gasteiger partial charge is 0.396 e. The molecule has 1 fully saturated rings. The van der Waals surface area contributed by atoms with Crippen molar-refractivity contribution in [1.82, 2.24) is 9.88 Å². The quantitative estimate of drug-likeness (QED) is 0.749. The van der Waals surface area contributed by atoms with Crippen molar-refractivity contribution in [1.29, 1.82) is 0 Å². The van der Waals surface area contributed by atoms with Crippen molar-refractivity contribution in [3.05, 3.63) is 23.9 Å². The lowest BCUT2D eigenvalue weighted by Crippen LogP contribution is -2.52. The van der Waals surface area contributed by atoms with Gasteiger partial charge < -0.3 is 15.9 Å². The third-order valence-electron chi connectivity index (χ3n) is 4.38. The number of aliphatic hydroxyl groups is 2. The zero-order valence-electron chi connectivity index (χ0n) is 12.1. The van der Waals surface area contributed by atoms with E-state index in [9.17, 15) is 10.2 Å². The monoisotopic (exact) mass is 279 g/mol. The predicted molar refractivity (Wildman–Crippen MR) is 79.0 cm³/mol. The molecule has 4 N–H and O–H groups in total. The Morgan fingerprint density at radius 1 is 1.55 bits per heavy atom. The summed E-state index contributed by atoms with van der Waals surface area (Å²) in [6.07, 6.45) is 3.93. The SMILES string of the molecule is CCC[C@]1(CO)CCN(Cc2ccnc(N)c2)C[C@H]1O. The molecule has 0 aromatic carbocycles. The van der Waals surface area contributed by atoms with E-state index in [4.69, 9.17) is 5.73 Å². The Hall–Kier alpha value is -1.17. The molecule has 20 heavy (non-hydrogen) atoms. The van der Waals surface area contributed by atoms with Gasteiger partial charge in [0.1, 0.15) is 5.82 Å². The maximum atomic E-state index is 10.4. The van der Waals surface area contributed by atoms with Crippen molar-refractivity contribution in [2.75, 3.05) is 25.4 Å². The van der Waals surface area contributed by atoms with E-state index in [2.05, 4.69) is 16.8 Å². The van der Waals surface area contributed by atoms with E-state index >= 15 is 0 Å². The third kappa shape index (κ3) is 3.29. The standard InChI is InChI=1S/C15H25N3O2/c1-2-4-15(11-19)5-7-18(10-13(15)20)9-12-3-6-17-14(16)8-12/h3,6,8,13,19-20H,2,4-5,7,9-11H2,1H3,(H2,16,17)/t13-,15-/m1/s1. The smallest absolute Gasteiger partial charge is 0.123 e. The number of nitrogen functional groups attached to an aromatic ring is 1. The predicted octanol–water partition coefficient (Wildman–Crippen LogP) is 1.01. The topological polar surface area (TPSA) is 82.6 Å². The van der Waals surface area contributed by atoms with E-state index < -0.39 is 6.10 Å². The minimum Gasteiger partial charge on any atom is -0.396 e. The molecule has 0 radical (unpaired) electrons. The number of pyridine rings is 1.